The first-order valence-corrected chi connectivity index (χ1v) is 11.2. The number of allylic oxidation sites excluding steroid dienone is 2. The number of nitrogens with one attached hydrogen (secondary N) is 1. The highest BCUT2D eigenvalue weighted by Gasteiger charge is 2.22. The van der Waals surface area contributed by atoms with Crippen molar-refractivity contribution in [2.45, 2.75) is 12.8 Å². The van der Waals surface area contributed by atoms with Crippen molar-refractivity contribution in [3.05, 3.63) is 83.6 Å². The largest absolute Gasteiger partial charge is 0.497 e. The van der Waals surface area contributed by atoms with Crippen LogP contribution in [0.3, 0.4) is 0 Å². The molecule has 0 spiro atoms. The van der Waals surface area contributed by atoms with E-state index >= 15 is 0 Å². The van der Waals surface area contributed by atoms with Gasteiger partial charge in [0, 0.05) is 20.0 Å². The number of carbonyl (C=O) groups excluding carboxylic acids is 1. The molecule has 0 aromatic heterocycles. The second kappa shape index (κ2) is 11.3. The number of methoxy groups -OCH3 is 1. The van der Waals surface area contributed by atoms with Crippen LogP contribution in [0.5, 0.6) is 5.75 Å². The molecule has 1 N–H and O–H groups in total. The van der Waals surface area contributed by atoms with Crippen LogP contribution < -0.4 is 9.46 Å². The Morgan fingerprint density at radius 2 is 1.74 bits per heavy atom. The molecule has 0 heterocycles. The summed E-state index contributed by atoms with van der Waals surface area (Å²) >= 11 is 0. The number of hydrogen-bond acceptors (Lipinski definition) is 5. The number of carbonyl (C=O) groups is 1. The standard InChI is InChI=1S/C23H28N2O5S/c1-5-30-23(26)22(24-31(27,28)25(2)3)17-20(12-11-18-9-7-6-8-10-18)19-13-15-21(29-4)16-14-19/h6-17,20,24H,5H2,1-4H3/b12-11+,22-17-. The van der Waals surface area contributed by atoms with Gasteiger partial charge in [0.2, 0.25) is 0 Å². The molecule has 0 amide bonds. The summed E-state index contributed by atoms with van der Waals surface area (Å²) in [6.07, 6.45) is 5.34. The van der Waals surface area contributed by atoms with Gasteiger partial charge in [-0.15, -0.1) is 0 Å². The molecular weight excluding hydrogens is 416 g/mol. The van der Waals surface area contributed by atoms with Crippen molar-refractivity contribution in [2.24, 2.45) is 0 Å². The summed E-state index contributed by atoms with van der Waals surface area (Å²) in [5, 5.41) is 0. The van der Waals surface area contributed by atoms with E-state index in [0.717, 1.165) is 15.4 Å². The fraction of sp³-hybridized carbons (Fsp3) is 0.261. The molecular formula is C23H28N2O5S. The minimum Gasteiger partial charge on any atom is -0.497 e. The molecule has 2 aromatic carbocycles. The number of hydrogen-bond donors (Lipinski definition) is 1. The third-order valence-electron chi connectivity index (χ3n) is 4.36. The third-order valence-corrected chi connectivity index (χ3v) is 5.80. The average Bonchev–Trinajstić information content (AvgIpc) is 2.76. The molecule has 1 unspecified atom stereocenters. The lowest BCUT2D eigenvalue weighted by Crippen LogP contribution is -2.37. The van der Waals surface area contributed by atoms with Gasteiger partial charge in [0.1, 0.15) is 11.4 Å². The number of rotatable bonds is 10. The maximum Gasteiger partial charge on any atom is 0.355 e. The van der Waals surface area contributed by atoms with Gasteiger partial charge < -0.3 is 9.47 Å². The molecule has 2 aromatic rings. The number of esters is 1. The zero-order chi connectivity index (χ0) is 22.9. The van der Waals surface area contributed by atoms with Crippen molar-refractivity contribution < 1.29 is 22.7 Å². The molecule has 0 aliphatic carbocycles. The van der Waals surface area contributed by atoms with Gasteiger partial charge in [0.05, 0.1) is 13.7 Å². The summed E-state index contributed by atoms with van der Waals surface area (Å²) in [7, 11) is 0.436. The normalized spacial score (nSPS) is 13.3. The van der Waals surface area contributed by atoms with E-state index in [9.17, 15) is 13.2 Å². The summed E-state index contributed by atoms with van der Waals surface area (Å²) in [4.78, 5) is 12.5. The average molecular weight is 445 g/mol. The van der Waals surface area contributed by atoms with Crippen molar-refractivity contribution in [3.8, 4) is 5.75 Å². The number of ether oxygens (including phenoxy) is 2. The van der Waals surface area contributed by atoms with Gasteiger partial charge in [0.25, 0.3) is 0 Å². The fourth-order valence-corrected chi connectivity index (χ4v) is 3.24. The first-order chi connectivity index (χ1) is 14.8. The molecule has 0 radical (unpaired) electrons. The molecule has 0 saturated heterocycles. The van der Waals surface area contributed by atoms with Crippen molar-refractivity contribution in [1.29, 1.82) is 0 Å². The quantitative estimate of drug-likeness (QED) is 0.449. The molecule has 0 saturated carbocycles. The molecule has 7 nitrogen and oxygen atoms in total. The van der Waals surface area contributed by atoms with Gasteiger partial charge in [-0.25, -0.2) is 4.79 Å². The monoisotopic (exact) mass is 444 g/mol. The molecule has 0 aliphatic rings. The predicted octanol–water partition coefficient (Wildman–Crippen LogP) is 3.34. The van der Waals surface area contributed by atoms with Gasteiger partial charge in [-0.3, -0.25) is 4.72 Å². The van der Waals surface area contributed by atoms with Crippen LogP contribution in [-0.4, -0.2) is 46.5 Å². The van der Waals surface area contributed by atoms with Crippen LogP contribution in [0.25, 0.3) is 6.08 Å². The highest BCUT2D eigenvalue weighted by Crippen LogP contribution is 2.24. The summed E-state index contributed by atoms with van der Waals surface area (Å²) < 4.78 is 38.3. The van der Waals surface area contributed by atoms with E-state index in [1.54, 1.807) is 32.2 Å². The highest BCUT2D eigenvalue weighted by molar-refractivity contribution is 7.87. The number of benzene rings is 2. The Hall–Kier alpha value is -3.10. The Kier molecular flexibility index (Phi) is 8.84. The minimum atomic E-state index is -3.90. The van der Waals surface area contributed by atoms with Crippen LogP contribution in [0.1, 0.15) is 24.0 Å². The zero-order valence-corrected chi connectivity index (χ0v) is 18.9. The van der Waals surface area contributed by atoms with Crippen LogP contribution in [0.2, 0.25) is 0 Å². The van der Waals surface area contributed by atoms with E-state index in [1.165, 1.54) is 14.1 Å². The van der Waals surface area contributed by atoms with Gasteiger partial charge in [-0.05, 0) is 36.3 Å². The van der Waals surface area contributed by atoms with E-state index in [-0.39, 0.29) is 12.3 Å². The van der Waals surface area contributed by atoms with Gasteiger partial charge in [0.15, 0.2) is 0 Å². The van der Waals surface area contributed by atoms with E-state index in [1.807, 2.05) is 54.6 Å². The lowest BCUT2D eigenvalue weighted by Gasteiger charge is -2.17. The number of nitrogens with zero attached hydrogens (tertiary/aromatic N) is 1. The van der Waals surface area contributed by atoms with Crippen molar-refractivity contribution in [2.75, 3.05) is 27.8 Å². The summed E-state index contributed by atoms with van der Waals surface area (Å²) in [6.45, 7) is 1.78. The lowest BCUT2D eigenvalue weighted by atomic mass is 9.96. The Labute approximate surface area is 184 Å². The maximum atomic E-state index is 12.5. The Morgan fingerprint density at radius 3 is 2.29 bits per heavy atom. The molecule has 2 rings (SSSR count). The first kappa shape index (κ1) is 24.2. The molecule has 166 valence electrons. The lowest BCUT2D eigenvalue weighted by molar-refractivity contribution is -0.138. The second-order valence-corrected chi connectivity index (χ2v) is 8.64. The Balaban J connectivity index is 2.51. The second-order valence-electron chi connectivity index (χ2n) is 6.76. The Morgan fingerprint density at radius 1 is 1.10 bits per heavy atom. The SMILES string of the molecule is CCOC(=O)/C(=C/C(/C=C/c1ccccc1)c1ccc(OC)cc1)NS(=O)(=O)N(C)C. The van der Waals surface area contributed by atoms with Gasteiger partial charge in [-0.2, -0.15) is 12.7 Å². The molecule has 0 aliphatic heterocycles. The maximum absolute atomic E-state index is 12.5. The van der Waals surface area contributed by atoms with E-state index in [0.29, 0.717) is 5.75 Å². The van der Waals surface area contributed by atoms with E-state index in [4.69, 9.17) is 9.47 Å². The molecule has 1 atom stereocenters. The third kappa shape index (κ3) is 7.27. The van der Waals surface area contributed by atoms with Crippen molar-refractivity contribution in [3.63, 3.8) is 0 Å². The molecule has 0 bridgehead atoms. The smallest absolute Gasteiger partial charge is 0.355 e. The van der Waals surface area contributed by atoms with Gasteiger partial charge in [-0.1, -0.05) is 54.6 Å². The van der Waals surface area contributed by atoms with Crippen molar-refractivity contribution in [1.82, 2.24) is 9.03 Å². The van der Waals surface area contributed by atoms with Crippen LogP contribution in [0, 0.1) is 0 Å². The summed E-state index contributed by atoms with van der Waals surface area (Å²) in [5.41, 5.74) is 1.66. The van der Waals surface area contributed by atoms with Gasteiger partial charge >= 0.3 is 16.2 Å². The van der Waals surface area contributed by atoms with Crippen LogP contribution in [0.4, 0.5) is 0 Å². The van der Waals surface area contributed by atoms with E-state index in [2.05, 4.69) is 4.72 Å². The topological polar surface area (TPSA) is 84.9 Å². The van der Waals surface area contributed by atoms with Crippen LogP contribution in [0.15, 0.2) is 72.4 Å². The molecule has 8 heteroatoms. The molecule has 0 fully saturated rings. The predicted molar refractivity (Wildman–Crippen MR) is 122 cm³/mol. The van der Waals surface area contributed by atoms with Crippen molar-refractivity contribution >= 4 is 22.3 Å². The fourth-order valence-electron chi connectivity index (χ4n) is 2.63. The summed E-state index contributed by atoms with van der Waals surface area (Å²) in [5.74, 6) is -0.465. The van der Waals surface area contributed by atoms with Crippen LogP contribution >= 0.6 is 0 Å². The highest BCUT2D eigenvalue weighted by atomic mass is 32.2. The summed E-state index contributed by atoms with van der Waals surface area (Å²) in [6, 6.07) is 17.0. The first-order valence-electron chi connectivity index (χ1n) is 9.73. The molecule has 31 heavy (non-hydrogen) atoms. The van der Waals surface area contributed by atoms with Crippen LogP contribution in [-0.2, 0) is 19.7 Å². The van der Waals surface area contributed by atoms with E-state index < -0.39 is 22.1 Å². The Bertz CT molecular complexity index is 1010. The minimum absolute atomic E-state index is 0.118. The zero-order valence-electron chi connectivity index (χ0n) is 18.1.